The fourth-order valence-electron chi connectivity index (χ4n) is 1.45. The van der Waals surface area contributed by atoms with Gasteiger partial charge in [0.25, 0.3) is 0 Å². The van der Waals surface area contributed by atoms with Crippen LogP contribution in [0.15, 0.2) is 41.5 Å². The Morgan fingerprint density at radius 1 is 1.21 bits per heavy atom. The number of hydrogen-bond donors (Lipinski definition) is 0. The summed E-state index contributed by atoms with van der Waals surface area (Å²) < 4.78 is 0. The molecule has 1 aromatic heterocycles. The number of aliphatic imine (C=N–C) groups is 1. The second-order valence-corrected chi connectivity index (χ2v) is 3.69. The number of hydrogen-bond acceptors (Lipinski definition) is 2. The summed E-state index contributed by atoms with van der Waals surface area (Å²) in [4.78, 5) is 8.88. The van der Waals surface area contributed by atoms with Crippen molar-refractivity contribution in [3.63, 3.8) is 0 Å². The lowest BCUT2D eigenvalue weighted by Crippen LogP contribution is -2.17. The first-order valence-electron chi connectivity index (χ1n) is 4.95. The zero-order valence-electron chi connectivity index (χ0n) is 8.51. The van der Waals surface area contributed by atoms with Crippen LogP contribution in [0, 0.1) is 5.92 Å². The molecule has 0 saturated heterocycles. The van der Waals surface area contributed by atoms with Crippen molar-refractivity contribution in [2.45, 2.75) is 19.9 Å². The molecule has 2 rings (SSSR count). The van der Waals surface area contributed by atoms with E-state index in [1.807, 2.05) is 18.2 Å². The van der Waals surface area contributed by atoms with E-state index < -0.39 is 0 Å². The lowest BCUT2D eigenvalue weighted by atomic mass is 9.99. The fraction of sp³-hybridized carbons (Fsp3) is 0.333. The van der Waals surface area contributed by atoms with Gasteiger partial charge in [-0.1, -0.05) is 19.1 Å². The van der Waals surface area contributed by atoms with E-state index >= 15 is 0 Å². The maximum Gasteiger partial charge on any atom is 0.0881 e. The largest absolute Gasteiger partial charge is 0.279 e. The molecule has 1 aliphatic rings. The van der Waals surface area contributed by atoms with Gasteiger partial charge < -0.3 is 0 Å². The highest BCUT2D eigenvalue weighted by Gasteiger charge is 2.14. The van der Waals surface area contributed by atoms with E-state index in [1.165, 1.54) is 0 Å². The molecule has 0 unspecified atom stereocenters. The van der Waals surface area contributed by atoms with Crippen molar-refractivity contribution >= 4 is 5.71 Å². The molecule has 2 heteroatoms. The lowest BCUT2D eigenvalue weighted by molar-refractivity contribution is 0.579. The Labute approximate surface area is 84.4 Å². The van der Waals surface area contributed by atoms with Crippen LogP contribution in [-0.4, -0.2) is 16.7 Å². The number of aromatic nitrogens is 1. The Bertz CT molecular complexity index is 365. The molecular formula is C12H14N2. The fourth-order valence-corrected chi connectivity index (χ4v) is 1.45. The molecule has 2 nitrogen and oxygen atoms in total. The second-order valence-electron chi connectivity index (χ2n) is 3.69. The maximum absolute atomic E-state index is 4.60. The molecule has 1 aromatic rings. The van der Waals surface area contributed by atoms with Crippen LogP contribution in [0.3, 0.4) is 0 Å². The molecule has 0 aromatic carbocycles. The highest BCUT2D eigenvalue weighted by Crippen LogP contribution is 2.15. The molecule has 0 saturated carbocycles. The third kappa shape index (κ3) is 1.74. The SMILES string of the molecule is C[C@@H]1C=CC(c2ccccn2)=N[C@@H]1C. The van der Waals surface area contributed by atoms with Crippen LogP contribution in [-0.2, 0) is 0 Å². The Morgan fingerprint density at radius 2 is 2.07 bits per heavy atom. The van der Waals surface area contributed by atoms with Crippen LogP contribution in [0.25, 0.3) is 0 Å². The highest BCUT2D eigenvalue weighted by atomic mass is 14.8. The van der Waals surface area contributed by atoms with E-state index in [1.54, 1.807) is 6.20 Å². The minimum absolute atomic E-state index is 0.358. The molecule has 2 heterocycles. The Balaban J connectivity index is 2.30. The van der Waals surface area contributed by atoms with Crippen molar-refractivity contribution in [2.24, 2.45) is 10.9 Å². The van der Waals surface area contributed by atoms with Gasteiger partial charge in [-0.2, -0.15) is 0 Å². The molecule has 0 bridgehead atoms. The van der Waals surface area contributed by atoms with Gasteiger partial charge in [-0.15, -0.1) is 0 Å². The maximum atomic E-state index is 4.60. The summed E-state index contributed by atoms with van der Waals surface area (Å²) in [5.74, 6) is 0.530. The molecule has 14 heavy (non-hydrogen) atoms. The third-order valence-corrected chi connectivity index (χ3v) is 2.59. The number of allylic oxidation sites excluding steroid dienone is 1. The summed E-state index contributed by atoms with van der Waals surface area (Å²) >= 11 is 0. The first-order chi connectivity index (χ1) is 6.77. The smallest absolute Gasteiger partial charge is 0.0881 e. The third-order valence-electron chi connectivity index (χ3n) is 2.59. The molecule has 1 aliphatic heterocycles. The zero-order valence-corrected chi connectivity index (χ0v) is 8.51. The predicted octanol–water partition coefficient (Wildman–Crippen LogP) is 2.47. The average molecular weight is 186 g/mol. The van der Waals surface area contributed by atoms with E-state index in [4.69, 9.17) is 0 Å². The zero-order chi connectivity index (χ0) is 9.97. The predicted molar refractivity (Wildman–Crippen MR) is 58.5 cm³/mol. The lowest BCUT2D eigenvalue weighted by Gasteiger charge is -2.17. The van der Waals surface area contributed by atoms with E-state index in [0.717, 1.165) is 11.4 Å². The minimum atomic E-state index is 0.358. The second kappa shape index (κ2) is 3.74. The molecule has 0 radical (unpaired) electrons. The summed E-state index contributed by atoms with van der Waals surface area (Å²) in [6.07, 6.45) is 6.06. The quantitative estimate of drug-likeness (QED) is 0.661. The monoisotopic (exact) mass is 186 g/mol. The van der Waals surface area contributed by atoms with E-state index in [2.05, 4.69) is 36.0 Å². The van der Waals surface area contributed by atoms with Crippen LogP contribution < -0.4 is 0 Å². The van der Waals surface area contributed by atoms with Gasteiger partial charge in [0.1, 0.15) is 0 Å². The Kier molecular flexibility index (Phi) is 2.44. The summed E-state index contributed by atoms with van der Waals surface area (Å²) in [5.41, 5.74) is 1.96. The van der Waals surface area contributed by atoms with Crippen molar-refractivity contribution in [3.05, 3.63) is 42.2 Å². The van der Waals surface area contributed by atoms with Crippen LogP contribution in [0.5, 0.6) is 0 Å². The van der Waals surface area contributed by atoms with E-state index in [9.17, 15) is 0 Å². The Hall–Kier alpha value is -1.44. The number of nitrogens with zero attached hydrogens (tertiary/aromatic N) is 2. The number of rotatable bonds is 1. The normalized spacial score (nSPS) is 26.0. The van der Waals surface area contributed by atoms with Crippen molar-refractivity contribution in [3.8, 4) is 0 Å². The number of pyridine rings is 1. The molecular weight excluding hydrogens is 172 g/mol. The van der Waals surface area contributed by atoms with Crippen LogP contribution in [0.1, 0.15) is 19.5 Å². The molecule has 2 atom stereocenters. The van der Waals surface area contributed by atoms with Crippen molar-refractivity contribution in [1.82, 2.24) is 4.98 Å². The van der Waals surface area contributed by atoms with Gasteiger partial charge in [0, 0.05) is 6.20 Å². The summed E-state index contributed by atoms with van der Waals surface area (Å²) in [7, 11) is 0. The van der Waals surface area contributed by atoms with E-state index in [-0.39, 0.29) is 0 Å². The van der Waals surface area contributed by atoms with E-state index in [0.29, 0.717) is 12.0 Å². The van der Waals surface area contributed by atoms with Crippen molar-refractivity contribution in [1.29, 1.82) is 0 Å². The summed E-state index contributed by atoms with van der Waals surface area (Å²) in [6, 6.07) is 6.26. The Morgan fingerprint density at radius 3 is 2.71 bits per heavy atom. The van der Waals surface area contributed by atoms with Crippen LogP contribution in [0.2, 0.25) is 0 Å². The molecule has 0 aliphatic carbocycles. The molecule has 0 N–H and O–H groups in total. The minimum Gasteiger partial charge on any atom is -0.279 e. The van der Waals surface area contributed by atoms with Crippen molar-refractivity contribution < 1.29 is 0 Å². The first kappa shape index (κ1) is 9.13. The van der Waals surface area contributed by atoms with Crippen molar-refractivity contribution in [2.75, 3.05) is 0 Å². The standard InChI is InChI=1S/C12H14N2/c1-9-6-7-12(14-10(9)2)11-5-3-4-8-13-11/h3-10H,1-2H3/t9-,10-/m1/s1. The van der Waals surface area contributed by atoms with Crippen LogP contribution in [0.4, 0.5) is 0 Å². The molecule has 0 amide bonds. The topological polar surface area (TPSA) is 25.2 Å². The van der Waals surface area contributed by atoms with Gasteiger partial charge in [0.2, 0.25) is 0 Å². The molecule has 0 fully saturated rings. The molecule has 72 valence electrons. The first-order valence-corrected chi connectivity index (χ1v) is 4.95. The van der Waals surface area contributed by atoms with Gasteiger partial charge >= 0.3 is 0 Å². The van der Waals surface area contributed by atoms with Gasteiger partial charge in [-0.05, 0) is 31.1 Å². The number of dihydropyridines is 1. The summed E-state index contributed by atoms with van der Waals surface area (Å²) in [5, 5.41) is 0. The highest BCUT2D eigenvalue weighted by molar-refractivity contribution is 6.07. The average Bonchev–Trinajstić information content (AvgIpc) is 2.23. The van der Waals surface area contributed by atoms with Gasteiger partial charge in [-0.25, -0.2) is 0 Å². The van der Waals surface area contributed by atoms with Gasteiger partial charge in [0.15, 0.2) is 0 Å². The van der Waals surface area contributed by atoms with Gasteiger partial charge in [0.05, 0.1) is 17.4 Å². The van der Waals surface area contributed by atoms with Crippen LogP contribution >= 0.6 is 0 Å². The molecule has 0 spiro atoms. The van der Waals surface area contributed by atoms with Gasteiger partial charge in [-0.3, -0.25) is 9.98 Å². The summed E-state index contributed by atoms with van der Waals surface area (Å²) in [6.45, 7) is 4.32.